The topological polar surface area (TPSA) is 35.5 Å². The van der Waals surface area contributed by atoms with Gasteiger partial charge in [-0.3, -0.25) is 4.79 Å². The Morgan fingerprint density at radius 1 is 1.23 bits per heavy atom. The Morgan fingerprint density at radius 2 is 1.73 bits per heavy atom. The predicted molar refractivity (Wildman–Crippen MR) is 87.1 cm³/mol. The zero-order valence-electron chi connectivity index (χ0n) is 14.4. The molecule has 2 rings (SSSR count). The molecule has 0 aliphatic heterocycles. The van der Waals surface area contributed by atoms with Crippen molar-refractivity contribution in [3.05, 3.63) is 56.7 Å². The van der Waals surface area contributed by atoms with Gasteiger partial charge < -0.3 is 30.2 Å². The largest absolute Gasteiger partial charge is 1.00 e. The number of carbonyl (C=O) groups excluding carboxylic acids is 1. The fourth-order valence-corrected chi connectivity index (χ4v) is 2.00. The maximum atomic E-state index is 10.8. The fourth-order valence-electron chi connectivity index (χ4n) is 2.00. The summed E-state index contributed by atoms with van der Waals surface area (Å²) in [5, 5.41) is 0. The van der Waals surface area contributed by atoms with Crippen molar-refractivity contribution in [3.8, 4) is 11.5 Å². The standard InChI is InChI=1S/C9H12O.C8H10O2.CH3.K/c1-3-8-4-5-9(10)6-7(8)2;1-9-7-5-3-4-6-8(7)10-2;;/h4,6,8H,1,3,5H2,2H3;3-6H,1-2H3;1H3;/q-2;;-1;+1. The van der Waals surface area contributed by atoms with Crippen LogP contribution >= 0.6 is 0 Å². The van der Waals surface area contributed by atoms with E-state index in [4.69, 9.17) is 9.47 Å². The molecule has 1 aliphatic rings. The second kappa shape index (κ2) is 13.3. The molecule has 0 amide bonds. The maximum absolute atomic E-state index is 10.8. The molecule has 0 aromatic heterocycles. The van der Waals surface area contributed by atoms with E-state index in [1.807, 2.05) is 37.6 Å². The van der Waals surface area contributed by atoms with Crippen molar-refractivity contribution in [2.75, 3.05) is 14.2 Å². The molecule has 1 unspecified atom stereocenters. The Kier molecular flexibility index (Phi) is 14.6. The van der Waals surface area contributed by atoms with Crippen molar-refractivity contribution in [1.82, 2.24) is 0 Å². The SMILES string of the molecule is COc1ccccc1OC.[CH2-]CC1[CH-]CC(=O)C=C1C.[CH3-].[K+]. The summed E-state index contributed by atoms with van der Waals surface area (Å²) in [6.45, 7) is 5.79. The summed E-state index contributed by atoms with van der Waals surface area (Å²) < 4.78 is 10.0. The average molecular weight is 328 g/mol. The molecule has 0 saturated heterocycles. The van der Waals surface area contributed by atoms with Gasteiger partial charge >= 0.3 is 51.4 Å². The number of benzene rings is 1. The van der Waals surface area contributed by atoms with E-state index in [9.17, 15) is 4.79 Å². The molecule has 1 aromatic rings. The van der Waals surface area contributed by atoms with Gasteiger partial charge in [0, 0.05) is 0 Å². The van der Waals surface area contributed by atoms with Crippen molar-refractivity contribution >= 4 is 5.78 Å². The molecule has 0 saturated carbocycles. The number of allylic oxidation sites excluding steroid dienone is 2. The molecule has 0 radical (unpaired) electrons. The van der Waals surface area contributed by atoms with E-state index in [1.165, 1.54) is 0 Å². The van der Waals surface area contributed by atoms with Crippen LogP contribution in [0.4, 0.5) is 0 Å². The average Bonchev–Trinajstić information content (AvgIpc) is 2.48. The Labute approximate surface area is 177 Å². The maximum Gasteiger partial charge on any atom is 1.00 e. The summed E-state index contributed by atoms with van der Waals surface area (Å²) in [5.74, 6) is 2.20. The van der Waals surface area contributed by atoms with Gasteiger partial charge in [0.2, 0.25) is 0 Å². The number of methoxy groups -OCH3 is 2. The quantitative estimate of drug-likeness (QED) is 0.616. The summed E-state index contributed by atoms with van der Waals surface area (Å²) in [4.78, 5) is 10.8. The summed E-state index contributed by atoms with van der Waals surface area (Å²) in [6.07, 6.45) is 5.24. The number of ether oxygens (including phenoxy) is 2. The third-order valence-corrected chi connectivity index (χ3v) is 3.18. The van der Waals surface area contributed by atoms with E-state index in [-0.39, 0.29) is 64.6 Å². The van der Waals surface area contributed by atoms with Gasteiger partial charge in [0.25, 0.3) is 0 Å². The van der Waals surface area contributed by atoms with Gasteiger partial charge in [0.15, 0.2) is 11.5 Å². The Hall–Kier alpha value is -0.134. The molecular weight excluding hydrogens is 303 g/mol. The van der Waals surface area contributed by atoms with Crippen LogP contribution in [0.2, 0.25) is 0 Å². The number of hydrogen-bond acceptors (Lipinski definition) is 3. The van der Waals surface area contributed by atoms with E-state index in [0.29, 0.717) is 12.3 Å². The molecule has 0 bridgehead atoms. The smallest absolute Gasteiger partial charge is 0.493 e. The summed E-state index contributed by atoms with van der Waals surface area (Å²) in [7, 11) is 3.25. The Balaban J connectivity index is 0. The van der Waals surface area contributed by atoms with E-state index in [2.05, 4.69) is 6.92 Å². The van der Waals surface area contributed by atoms with Crippen LogP contribution in [0.3, 0.4) is 0 Å². The summed E-state index contributed by atoms with van der Waals surface area (Å²) in [6, 6.07) is 7.53. The minimum Gasteiger partial charge on any atom is -0.493 e. The Morgan fingerprint density at radius 3 is 2.09 bits per heavy atom. The van der Waals surface area contributed by atoms with Crippen LogP contribution in [0.15, 0.2) is 35.9 Å². The van der Waals surface area contributed by atoms with Crippen LogP contribution in [0, 0.1) is 26.7 Å². The monoisotopic (exact) mass is 328 g/mol. The van der Waals surface area contributed by atoms with Gasteiger partial charge in [-0.15, -0.1) is 6.42 Å². The molecule has 22 heavy (non-hydrogen) atoms. The van der Waals surface area contributed by atoms with Crippen molar-refractivity contribution in [3.63, 3.8) is 0 Å². The first-order valence-electron chi connectivity index (χ1n) is 6.63. The molecule has 0 fully saturated rings. The van der Waals surface area contributed by atoms with Crippen molar-refractivity contribution in [1.29, 1.82) is 0 Å². The summed E-state index contributed by atoms with van der Waals surface area (Å²) in [5.41, 5.74) is 1.16. The number of ketones is 1. The van der Waals surface area contributed by atoms with Crippen LogP contribution in [-0.2, 0) is 4.79 Å². The van der Waals surface area contributed by atoms with Gasteiger partial charge in [-0.2, -0.15) is 5.92 Å². The fraction of sp³-hybridized carbons (Fsp3) is 0.333. The van der Waals surface area contributed by atoms with Crippen molar-refractivity contribution in [2.45, 2.75) is 19.8 Å². The minimum atomic E-state index is 0. The molecular formula is C18H25KO3-2. The molecule has 118 valence electrons. The van der Waals surface area contributed by atoms with Crippen LogP contribution < -0.4 is 60.9 Å². The molecule has 0 N–H and O–H groups in total. The van der Waals surface area contributed by atoms with Crippen molar-refractivity contribution in [2.24, 2.45) is 5.92 Å². The first-order chi connectivity index (χ1) is 9.62. The normalized spacial score (nSPS) is 16.1. The number of carbonyl (C=O) groups is 1. The molecule has 0 heterocycles. The molecule has 1 aromatic carbocycles. The van der Waals surface area contributed by atoms with Crippen LogP contribution in [-0.4, -0.2) is 20.0 Å². The molecule has 0 spiro atoms. The molecule has 4 heteroatoms. The van der Waals surface area contributed by atoms with E-state index in [1.54, 1.807) is 20.3 Å². The minimum absolute atomic E-state index is 0. The Bertz CT molecular complexity index is 446. The van der Waals surface area contributed by atoms with Gasteiger partial charge in [-0.1, -0.05) is 17.7 Å². The van der Waals surface area contributed by atoms with Crippen molar-refractivity contribution < 1.29 is 65.7 Å². The third-order valence-electron chi connectivity index (χ3n) is 3.18. The number of hydrogen-bond donors (Lipinski definition) is 0. The third kappa shape index (κ3) is 7.93. The number of para-hydroxylation sites is 2. The van der Waals surface area contributed by atoms with Crippen LogP contribution in [0.25, 0.3) is 0 Å². The van der Waals surface area contributed by atoms with Gasteiger partial charge in [0.1, 0.15) is 5.78 Å². The number of rotatable bonds is 3. The zero-order chi connectivity index (χ0) is 15.0. The second-order valence-electron chi connectivity index (χ2n) is 4.54. The molecule has 1 aliphatic carbocycles. The van der Waals surface area contributed by atoms with Crippen LogP contribution in [0.1, 0.15) is 19.8 Å². The first-order valence-corrected chi connectivity index (χ1v) is 6.63. The molecule has 1 atom stereocenters. The van der Waals surface area contributed by atoms with E-state index in [0.717, 1.165) is 23.5 Å². The summed E-state index contributed by atoms with van der Waals surface area (Å²) >= 11 is 0. The second-order valence-corrected chi connectivity index (χ2v) is 4.54. The van der Waals surface area contributed by atoms with E-state index < -0.39 is 0 Å². The first kappa shape index (κ1) is 24.1. The molecule has 3 nitrogen and oxygen atoms in total. The van der Waals surface area contributed by atoms with Gasteiger partial charge in [-0.25, -0.2) is 6.42 Å². The predicted octanol–water partition coefficient (Wildman–Crippen LogP) is 1.11. The van der Waals surface area contributed by atoms with Gasteiger partial charge in [0.05, 0.1) is 14.2 Å². The zero-order valence-corrected chi connectivity index (χ0v) is 17.5. The van der Waals surface area contributed by atoms with E-state index >= 15 is 0 Å². The van der Waals surface area contributed by atoms with Crippen LogP contribution in [0.5, 0.6) is 11.5 Å². The van der Waals surface area contributed by atoms with Gasteiger partial charge in [-0.05, 0) is 25.1 Å².